The van der Waals surface area contributed by atoms with Crippen LogP contribution in [0.3, 0.4) is 0 Å². The van der Waals surface area contributed by atoms with Gasteiger partial charge in [-0.1, -0.05) is 12.2 Å². The Morgan fingerprint density at radius 1 is 1.21 bits per heavy atom. The summed E-state index contributed by atoms with van der Waals surface area (Å²) < 4.78 is 10.9. The second-order valence-electron chi connectivity index (χ2n) is 7.94. The minimum Gasteiger partial charge on any atom is -0.497 e. The fourth-order valence-electron chi connectivity index (χ4n) is 3.38. The molecular formula is C22H25NO4S. The highest BCUT2D eigenvalue weighted by Crippen LogP contribution is 2.42. The first-order valence-electron chi connectivity index (χ1n) is 9.06. The summed E-state index contributed by atoms with van der Waals surface area (Å²) in [5, 5.41) is 3.70. The van der Waals surface area contributed by atoms with Crippen molar-refractivity contribution in [1.29, 1.82) is 0 Å². The van der Waals surface area contributed by atoms with Gasteiger partial charge in [-0.25, -0.2) is 0 Å². The van der Waals surface area contributed by atoms with E-state index < -0.39 is 17.0 Å². The predicted octanol–water partition coefficient (Wildman–Crippen LogP) is 4.33. The van der Waals surface area contributed by atoms with Crippen LogP contribution in [0.25, 0.3) is 0 Å². The molecule has 0 saturated carbocycles. The highest BCUT2D eigenvalue weighted by Gasteiger charge is 2.55. The van der Waals surface area contributed by atoms with Gasteiger partial charge in [-0.05, 0) is 73.8 Å². The minimum absolute atomic E-state index is 0.240. The number of hydrogen-bond donors (Lipinski definition) is 0. The summed E-state index contributed by atoms with van der Waals surface area (Å²) in [5.41, 5.74) is 0.00512. The van der Waals surface area contributed by atoms with Gasteiger partial charge in [0.15, 0.2) is 5.41 Å². The number of methoxy groups -OCH3 is 1. The lowest BCUT2D eigenvalue weighted by Gasteiger charge is -2.41. The van der Waals surface area contributed by atoms with Crippen LogP contribution in [-0.2, 0) is 19.7 Å². The third-order valence-corrected chi connectivity index (χ3v) is 5.34. The number of benzene rings is 1. The molecule has 1 amide bonds. The lowest BCUT2D eigenvalue weighted by molar-refractivity contribution is -0.165. The molecule has 0 spiro atoms. The van der Waals surface area contributed by atoms with Gasteiger partial charge in [0.1, 0.15) is 11.4 Å². The molecule has 1 aromatic carbocycles. The number of hydrogen-bond acceptors (Lipinski definition) is 5. The molecule has 2 aromatic rings. The third-order valence-electron chi connectivity index (χ3n) is 4.65. The van der Waals surface area contributed by atoms with E-state index in [9.17, 15) is 9.59 Å². The monoisotopic (exact) mass is 399 g/mol. The Balaban J connectivity index is 2.08. The van der Waals surface area contributed by atoms with Gasteiger partial charge in [-0.2, -0.15) is 11.3 Å². The van der Waals surface area contributed by atoms with Gasteiger partial charge in [0, 0.05) is 12.2 Å². The summed E-state index contributed by atoms with van der Waals surface area (Å²) in [6.07, 6.45) is 0.240. The van der Waals surface area contributed by atoms with Crippen molar-refractivity contribution in [2.24, 2.45) is 0 Å². The van der Waals surface area contributed by atoms with E-state index in [1.807, 2.05) is 29.0 Å². The van der Waals surface area contributed by atoms with Crippen molar-refractivity contribution < 1.29 is 19.1 Å². The van der Waals surface area contributed by atoms with E-state index in [-0.39, 0.29) is 12.3 Å². The Hall–Kier alpha value is -2.60. The molecule has 1 atom stereocenters. The van der Waals surface area contributed by atoms with Crippen molar-refractivity contribution in [1.82, 2.24) is 0 Å². The number of piperidine rings is 1. The molecule has 1 aliphatic rings. The maximum absolute atomic E-state index is 13.7. The van der Waals surface area contributed by atoms with Crippen LogP contribution in [0, 0.1) is 0 Å². The van der Waals surface area contributed by atoms with Crippen LogP contribution in [0.2, 0.25) is 0 Å². The molecule has 148 valence electrons. The van der Waals surface area contributed by atoms with E-state index in [0.717, 1.165) is 5.57 Å². The Kier molecular flexibility index (Phi) is 5.35. The third kappa shape index (κ3) is 3.69. The molecule has 2 heterocycles. The molecule has 0 bridgehead atoms. The Morgan fingerprint density at radius 2 is 1.89 bits per heavy atom. The van der Waals surface area contributed by atoms with Crippen LogP contribution >= 0.6 is 11.3 Å². The maximum Gasteiger partial charge on any atom is 0.327 e. The van der Waals surface area contributed by atoms with Gasteiger partial charge in [-0.3, -0.25) is 9.59 Å². The van der Waals surface area contributed by atoms with Crippen LogP contribution in [0.4, 0.5) is 5.69 Å². The smallest absolute Gasteiger partial charge is 0.327 e. The number of ether oxygens (including phenoxy) is 2. The summed E-state index contributed by atoms with van der Waals surface area (Å²) in [6, 6.07) is 9.02. The molecule has 1 fully saturated rings. The predicted molar refractivity (Wildman–Crippen MR) is 111 cm³/mol. The lowest BCUT2D eigenvalue weighted by atomic mass is 9.72. The number of rotatable bonds is 4. The van der Waals surface area contributed by atoms with Gasteiger partial charge < -0.3 is 14.4 Å². The topological polar surface area (TPSA) is 55.8 Å². The zero-order chi connectivity index (χ0) is 20.5. The van der Waals surface area contributed by atoms with Gasteiger partial charge in [0.25, 0.3) is 0 Å². The van der Waals surface area contributed by atoms with Crippen LogP contribution in [0.5, 0.6) is 5.75 Å². The van der Waals surface area contributed by atoms with Gasteiger partial charge in [-0.15, -0.1) is 0 Å². The molecular weight excluding hydrogens is 374 g/mol. The largest absolute Gasteiger partial charge is 0.497 e. The van der Waals surface area contributed by atoms with E-state index in [1.165, 1.54) is 11.3 Å². The van der Waals surface area contributed by atoms with Gasteiger partial charge >= 0.3 is 5.97 Å². The zero-order valence-electron chi connectivity index (χ0n) is 16.7. The average molecular weight is 400 g/mol. The van der Waals surface area contributed by atoms with Crippen molar-refractivity contribution in [2.45, 2.75) is 38.2 Å². The summed E-state index contributed by atoms with van der Waals surface area (Å²) in [7, 11) is 1.59. The van der Waals surface area contributed by atoms with Gasteiger partial charge in [0.2, 0.25) is 5.91 Å². The first-order valence-corrected chi connectivity index (χ1v) is 10.0. The molecule has 0 radical (unpaired) electrons. The van der Waals surface area contributed by atoms with Gasteiger partial charge in [0.05, 0.1) is 7.11 Å². The molecule has 0 aliphatic carbocycles. The SMILES string of the molecule is C=C1CN(c2ccc(OC)cc2)C(=O)C(C(=O)OC(C)(C)C)(c2ccsc2)C1. The number of anilines is 1. The minimum atomic E-state index is -1.43. The van der Waals surface area contributed by atoms with Crippen LogP contribution in [0.15, 0.2) is 53.2 Å². The molecule has 1 saturated heterocycles. The maximum atomic E-state index is 13.7. The molecule has 1 unspecified atom stereocenters. The molecule has 0 N–H and O–H groups in total. The second kappa shape index (κ2) is 7.43. The average Bonchev–Trinajstić information content (AvgIpc) is 3.17. The quantitative estimate of drug-likeness (QED) is 0.436. The standard InChI is InChI=1S/C22H25NO4S/c1-15-12-22(16-10-11-28-14-16,20(25)27-21(2,3)4)19(24)23(13-15)17-6-8-18(26-5)9-7-17/h6-11,14H,1,12-13H2,2-5H3. The second-order valence-corrected chi connectivity index (χ2v) is 8.72. The molecule has 28 heavy (non-hydrogen) atoms. The summed E-state index contributed by atoms with van der Waals surface area (Å²) in [5.74, 6) is -0.135. The van der Waals surface area contributed by atoms with E-state index in [1.54, 1.807) is 44.9 Å². The van der Waals surface area contributed by atoms with E-state index in [0.29, 0.717) is 23.5 Å². The summed E-state index contributed by atoms with van der Waals surface area (Å²) >= 11 is 1.45. The van der Waals surface area contributed by atoms with Crippen LogP contribution in [0.1, 0.15) is 32.8 Å². The molecule has 1 aliphatic heterocycles. The highest BCUT2D eigenvalue weighted by molar-refractivity contribution is 7.08. The fourth-order valence-corrected chi connectivity index (χ4v) is 4.11. The van der Waals surface area contributed by atoms with E-state index >= 15 is 0 Å². The number of thiophene rings is 1. The number of amides is 1. The van der Waals surface area contributed by atoms with E-state index in [2.05, 4.69) is 6.58 Å². The Labute approximate surface area is 169 Å². The lowest BCUT2D eigenvalue weighted by Crippen LogP contribution is -2.58. The Bertz CT molecular complexity index is 880. The van der Waals surface area contributed by atoms with Crippen molar-refractivity contribution in [3.05, 3.63) is 58.8 Å². The van der Waals surface area contributed by atoms with Crippen molar-refractivity contribution >= 4 is 28.9 Å². The van der Waals surface area contributed by atoms with Crippen LogP contribution < -0.4 is 9.64 Å². The molecule has 6 heteroatoms. The first-order chi connectivity index (χ1) is 13.2. The molecule has 3 rings (SSSR count). The number of nitrogens with zero attached hydrogens (tertiary/aromatic N) is 1. The van der Waals surface area contributed by atoms with Crippen molar-refractivity contribution in [2.75, 3.05) is 18.6 Å². The number of carbonyl (C=O) groups excluding carboxylic acids is 2. The van der Waals surface area contributed by atoms with Crippen molar-refractivity contribution in [3.63, 3.8) is 0 Å². The Morgan fingerprint density at radius 3 is 2.43 bits per heavy atom. The van der Waals surface area contributed by atoms with E-state index in [4.69, 9.17) is 9.47 Å². The highest BCUT2D eigenvalue weighted by atomic mass is 32.1. The van der Waals surface area contributed by atoms with Crippen molar-refractivity contribution in [3.8, 4) is 5.75 Å². The summed E-state index contributed by atoms with van der Waals surface area (Å²) in [6.45, 7) is 9.88. The summed E-state index contributed by atoms with van der Waals surface area (Å²) in [4.78, 5) is 28.7. The first kappa shape index (κ1) is 20.1. The molecule has 5 nitrogen and oxygen atoms in total. The van der Waals surface area contributed by atoms with Crippen LogP contribution in [-0.4, -0.2) is 31.1 Å². The number of esters is 1. The molecule has 1 aromatic heterocycles. The fraction of sp³-hybridized carbons (Fsp3) is 0.364. The zero-order valence-corrected chi connectivity index (χ0v) is 17.5. The number of carbonyl (C=O) groups is 2. The normalized spacial score (nSPS) is 20.2.